The molecule has 1 atom stereocenters. The molecule has 0 unspecified atom stereocenters. The second kappa shape index (κ2) is 10.6. The van der Waals surface area contributed by atoms with Gasteiger partial charge in [-0.05, 0) is 39.7 Å². The SMILES string of the molecule is C[C@H]1CC(F)(F)CN1C(=O)c1nc(C(=O)NCC(C)(C)O)sc1-c1cnc(NCC2(C(F)(F)F)CC2)cc1C(F)(F)F. The van der Waals surface area contributed by atoms with Crippen molar-refractivity contribution in [3.63, 3.8) is 0 Å². The summed E-state index contributed by atoms with van der Waals surface area (Å²) in [6.45, 7) is 2.09. The van der Waals surface area contributed by atoms with Crippen molar-refractivity contribution in [2.75, 3.05) is 25.0 Å². The molecule has 232 valence electrons. The highest BCUT2D eigenvalue weighted by atomic mass is 32.1. The molecule has 8 nitrogen and oxygen atoms in total. The Kier molecular flexibility index (Phi) is 8.02. The minimum atomic E-state index is -5.10. The van der Waals surface area contributed by atoms with E-state index in [2.05, 4.69) is 20.6 Å². The molecule has 2 aromatic rings. The molecule has 2 fully saturated rings. The number of amides is 2. The Labute approximate surface area is 238 Å². The average molecular weight is 630 g/mol. The molecule has 1 saturated carbocycles. The third-order valence-corrected chi connectivity index (χ3v) is 8.10. The lowest BCUT2D eigenvalue weighted by Crippen LogP contribution is -2.38. The lowest BCUT2D eigenvalue weighted by molar-refractivity contribution is -0.182. The van der Waals surface area contributed by atoms with Crippen LogP contribution >= 0.6 is 11.3 Å². The molecule has 4 rings (SSSR count). The van der Waals surface area contributed by atoms with Gasteiger partial charge in [0.2, 0.25) is 0 Å². The molecule has 0 bridgehead atoms. The van der Waals surface area contributed by atoms with Crippen molar-refractivity contribution in [1.29, 1.82) is 0 Å². The molecule has 1 saturated heterocycles. The van der Waals surface area contributed by atoms with E-state index in [1.165, 1.54) is 20.8 Å². The van der Waals surface area contributed by atoms with E-state index in [1.54, 1.807) is 0 Å². The number of thiazole rings is 1. The number of hydrogen-bond acceptors (Lipinski definition) is 7. The first-order valence-electron chi connectivity index (χ1n) is 12.7. The third kappa shape index (κ3) is 6.76. The number of pyridine rings is 1. The van der Waals surface area contributed by atoms with Crippen LogP contribution in [0.1, 0.15) is 65.9 Å². The molecular weight excluding hydrogens is 602 g/mol. The van der Waals surface area contributed by atoms with Gasteiger partial charge in [-0.15, -0.1) is 11.3 Å². The van der Waals surface area contributed by atoms with Crippen molar-refractivity contribution in [3.8, 4) is 10.4 Å². The predicted molar refractivity (Wildman–Crippen MR) is 135 cm³/mol. The minimum absolute atomic E-state index is 0.188. The summed E-state index contributed by atoms with van der Waals surface area (Å²) in [5, 5.41) is 14.1. The summed E-state index contributed by atoms with van der Waals surface area (Å²) >= 11 is 0.378. The van der Waals surface area contributed by atoms with Gasteiger partial charge < -0.3 is 20.6 Å². The maximum absolute atomic E-state index is 14.3. The number of aromatic nitrogens is 2. The van der Waals surface area contributed by atoms with Gasteiger partial charge in [0.05, 0.1) is 28.0 Å². The van der Waals surface area contributed by atoms with Crippen LogP contribution in [-0.4, -0.2) is 75.2 Å². The first-order chi connectivity index (χ1) is 19.1. The maximum Gasteiger partial charge on any atom is 0.417 e. The monoisotopic (exact) mass is 629 g/mol. The molecule has 0 spiro atoms. The van der Waals surface area contributed by atoms with Crippen molar-refractivity contribution < 1.29 is 49.8 Å². The van der Waals surface area contributed by atoms with Crippen molar-refractivity contribution in [3.05, 3.63) is 28.5 Å². The van der Waals surface area contributed by atoms with Crippen molar-refractivity contribution in [2.24, 2.45) is 5.41 Å². The Balaban J connectivity index is 1.75. The van der Waals surface area contributed by atoms with Crippen molar-refractivity contribution in [2.45, 2.75) is 70.0 Å². The Morgan fingerprint density at radius 1 is 1.17 bits per heavy atom. The molecule has 42 heavy (non-hydrogen) atoms. The largest absolute Gasteiger partial charge is 0.417 e. The van der Waals surface area contributed by atoms with Crippen molar-refractivity contribution >= 4 is 29.0 Å². The Morgan fingerprint density at radius 3 is 2.31 bits per heavy atom. The zero-order chi connectivity index (χ0) is 31.5. The van der Waals surface area contributed by atoms with Gasteiger partial charge >= 0.3 is 12.4 Å². The second-order valence-electron chi connectivity index (χ2n) is 11.3. The Hall–Kier alpha value is -3.08. The summed E-state index contributed by atoms with van der Waals surface area (Å²) in [5.74, 6) is -5.83. The fraction of sp³-hybridized carbons (Fsp3) is 0.600. The molecule has 3 N–H and O–H groups in total. The summed E-state index contributed by atoms with van der Waals surface area (Å²) < 4.78 is 111. The summed E-state index contributed by atoms with van der Waals surface area (Å²) in [7, 11) is 0. The normalized spacial score (nSPS) is 20.0. The molecule has 2 amide bonds. The molecule has 0 radical (unpaired) electrons. The van der Waals surface area contributed by atoms with E-state index >= 15 is 0 Å². The van der Waals surface area contributed by atoms with E-state index in [4.69, 9.17) is 0 Å². The number of carbonyl (C=O) groups is 2. The van der Waals surface area contributed by atoms with Gasteiger partial charge in [0, 0.05) is 37.3 Å². The number of likely N-dealkylation sites (tertiary alicyclic amines) is 1. The van der Waals surface area contributed by atoms with Gasteiger partial charge in [0.1, 0.15) is 11.5 Å². The molecule has 0 aromatic carbocycles. The maximum atomic E-state index is 14.3. The van der Waals surface area contributed by atoms with Crippen LogP contribution in [0, 0.1) is 5.41 Å². The quantitative estimate of drug-likeness (QED) is 0.340. The number of nitrogens with one attached hydrogen (secondary N) is 2. The number of rotatable bonds is 8. The molecule has 1 aliphatic heterocycles. The smallest absolute Gasteiger partial charge is 0.389 e. The predicted octanol–water partition coefficient (Wildman–Crippen LogP) is 5.35. The van der Waals surface area contributed by atoms with Gasteiger partial charge in [-0.1, -0.05) is 0 Å². The lowest BCUT2D eigenvalue weighted by Gasteiger charge is -2.21. The van der Waals surface area contributed by atoms with E-state index in [0.717, 1.165) is 4.90 Å². The highest BCUT2D eigenvalue weighted by Crippen LogP contribution is 2.57. The summed E-state index contributed by atoms with van der Waals surface area (Å²) in [4.78, 5) is 34.1. The van der Waals surface area contributed by atoms with Crippen LogP contribution in [0.15, 0.2) is 12.3 Å². The van der Waals surface area contributed by atoms with Crippen LogP contribution in [-0.2, 0) is 6.18 Å². The molecule has 17 heteroatoms. The van der Waals surface area contributed by atoms with Gasteiger partial charge in [0.15, 0.2) is 5.01 Å². The number of halogens is 8. The topological polar surface area (TPSA) is 107 Å². The standard InChI is InChI=1S/C25H27F8N5O3S/c1-12-7-23(26,27)11-38(12)20(40)16-17(42-19(37-16)18(39)36-9-21(2,3)41)13-8-34-15(6-14(13)24(28,29)30)35-10-22(4-5-22)25(31,32)33/h6,8,12,41H,4-5,7,9-11H2,1-3H3,(H,34,35)(H,36,39)/t12-/m0/s1. The number of anilines is 1. The highest BCUT2D eigenvalue weighted by molar-refractivity contribution is 7.17. The summed E-state index contributed by atoms with van der Waals surface area (Å²) in [6, 6.07) is -0.513. The molecule has 3 heterocycles. The van der Waals surface area contributed by atoms with E-state index in [1.807, 2.05) is 0 Å². The lowest BCUT2D eigenvalue weighted by atomic mass is 10.1. The van der Waals surface area contributed by atoms with E-state index in [-0.39, 0.29) is 19.4 Å². The molecule has 2 aliphatic rings. The van der Waals surface area contributed by atoms with Crippen LogP contribution in [0.3, 0.4) is 0 Å². The fourth-order valence-corrected chi connectivity index (χ4v) is 5.47. The number of nitrogens with zero attached hydrogens (tertiary/aromatic N) is 3. The van der Waals surface area contributed by atoms with Gasteiger partial charge in [-0.2, -0.15) is 26.3 Å². The fourth-order valence-electron chi connectivity index (χ4n) is 4.48. The van der Waals surface area contributed by atoms with E-state index in [0.29, 0.717) is 23.6 Å². The summed E-state index contributed by atoms with van der Waals surface area (Å²) in [5.41, 5.74) is -6.24. The van der Waals surface area contributed by atoms with E-state index < -0.39 is 99.2 Å². The second-order valence-corrected chi connectivity index (χ2v) is 12.3. The van der Waals surface area contributed by atoms with Crippen LogP contribution in [0.2, 0.25) is 0 Å². The number of carbonyl (C=O) groups excluding carboxylic acids is 2. The van der Waals surface area contributed by atoms with Gasteiger partial charge in [0.25, 0.3) is 17.7 Å². The van der Waals surface area contributed by atoms with E-state index in [9.17, 15) is 49.8 Å². The minimum Gasteiger partial charge on any atom is -0.389 e. The first-order valence-corrected chi connectivity index (χ1v) is 13.5. The Morgan fingerprint density at radius 2 is 1.81 bits per heavy atom. The van der Waals surface area contributed by atoms with Crippen molar-refractivity contribution in [1.82, 2.24) is 20.2 Å². The highest BCUT2D eigenvalue weighted by Gasteiger charge is 2.63. The van der Waals surface area contributed by atoms with Gasteiger partial charge in [-0.25, -0.2) is 18.7 Å². The number of hydrogen-bond donors (Lipinski definition) is 3. The third-order valence-electron chi connectivity index (χ3n) is 7.01. The van der Waals surface area contributed by atoms with Crippen LogP contribution in [0.25, 0.3) is 10.4 Å². The summed E-state index contributed by atoms with van der Waals surface area (Å²) in [6.07, 6.45) is -10.0. The molecular formula is C25H27F8N5O3S. The average Bonchev–Trinajstić information content (AvgIpc) is 3.45. The molecule has 1 aliphatic carbocycles. The Bertz CT molecular complexity index is 1370. The zero-order valence-corrected chi connectivity index (χ0v) is 23.3. The zero-order valence-electron chi connectivity index (χ0n) is 22.5. The molecule has 2 aromatic heterocycles. The number of aliphatic hydroxyl groups is 1. The van der Waals surface area contributed by atoms with Crippen LogP contribution < -0.4 is 10.6 Å². The van der Waals surface area contributed by atoms with Crippen LogP contribution in [0.4, 0.5) is 40.9 Å². The number of alkyl halides is 8. The van der Waals surface area contributed by atoms with Crippen LogP contribution in [0.5, 0.6) is 0 Å². The van der Waals surface area contributed by atoms with Gasteiger partial charge in [-0.3, -0.25) is 9.59 Å². The first kappa shape index (κ1) is 31.8.